The molecule has 0 amide bonds. The van der Waals surface area contributed by atoms with Crippen LogP contribution in [0.15, 0.2) is 91.4 Å². The average molecular weight is 463 g/mol. The van der Waals surface area contributed by atoms with E-state index >= 15 is 0 Å². The quantitative estimate of drug-likeness (QED) is 0.388. The third-order valence-electron chi connectivity index (χ3n) is 6.37. The van der Waals surface area contributed by atoms with Crippen LogP contribution in [-0.4, -0.2) is 40.7 Å². The molecule has 1 aliphatic rings. The van der Waals surface area contributed by atoms with Gasteiger partial charge in [0.15, 0.2) is 5.65 Å². The van der Waals surface area contributed by atoms with Gasteiger partial charge in [-0.15, -0.1) is 0 Å². The number of fused-ring (bicyclic) bond motifs is 1. The lowest BCUT2D eigenvalue weighted by Crippen LogP contribution is -2.43. The van der Waals surface area contributed by atoms with Crippen LogP contribution in [0.25, 0.3) is 27.8 Å². The Bertz CT molecular complexity index is 1440. The summed E-state index contributed by atoms with van der Waals surface area (Å²) >= 11 is 0. The van der Waals surface area contributed by atoms with Crippen molar-refractivity contribution < 1.29 is 4.74 Å². The van der Waals surface area contributed by atoms with Gasteiger partial charge in [-0.25, -0.2) is 9.97 Å². The van der Waals surface area contributed by atoms with Gasteiger partial charge in [0.1, 0.15) is 23.6 Å². The maximum Gasteiger partial charge on any atom is 0.150 e. The fourth-order valence-electron chi connectivity index (χ4n) is 4.58. The lowest BCUT2D eigenvalue weighted by atomic mass is 10.1. The molecule has 174 valence electrons. The largest absolute Gasteiger partial charge is 0.457 e. The molecule has 3 heterocycles. The number of aromatic nitrogens is 3. The maximum atomic E-state index is 6.34. The number of para-hydroxylation sites is 1. The van der Waals surface area contributed by atoms with Crippen molar-refractivity contribution in [3.05, 3.63) is 91.4 Å². The topological polar surface area (TPSA) is 81.2 Å². The Morgan fingerprint density at radius 1 is 0.771 bits per heavy atom. The number of piperazine rings is 1. The Kier molecular flexibility index (Phi) is 5.52. The minimum atomic E-state index is 0.464. The molecule has 0 spiro atoms. The van der Waals surface area contributed by atoms with Crippen LogP contribution in [-0.2, 0) is 0 Å². The van der Waals surface area contributed by atoms with Gasteiger partial charge in [0.05, 0.1) is 5.39 Å². The molecule has 0 radical (unpaired) electrons. The molecule has 1 saturated heterocycles. The van der Waals surface area contributed by atoms with Crippen molar-refractivity contribution in [3.63, 3.8) is 0 Å². The highest BCUT2D eigenvalue weighted by atomic mass is 16.5. The Balaban J connectivity index is 1.35. The normalized spacial score (nSPS) is 13.8. The summed E-state index contributed by atoms with van der Waals surface area (Å²) in [4.78, 5) is 11.2. The first kappa shape index (κ1) is 21.2. The van der Waals surface area contributed by atoms with Gasteiger partial charge in [-0.1, -0.05) is 30.3 Å². The molecule has 6 rings (SSSR count). The zero-order chi connectivity index (χ0) is 23.6. The van der Waals surface area contributed by atoms with Crippen LogP contribution in [0.5, 0.6) is 11.5 Å². The molecule has 1 fully saturated rings. The molecule has 0 aliphatic carbocycles. The first-order valence-corrected chi connectivity index (χ1v) is 11.8. The molecule has 2 aromatic heterocycles. The van der Waals surface area contributed by atoms with Gasteiger partial charge < -0.3 is 25.3 Å². The highest BCUT2D eigenvalue weighted by molar-refractivity contribution is 6.01. The molecule has 1 aliphatic heterocycles. The summed E-state index contributed by atoms with van der Waals surface area (Å²) in [5.74, 6) is 2.04. The second kappa shape index (κ2) is 9.12. The number of nitrogen functional groups attached to an aromatic ring is 1. The van der Waals surface area contributed by atoms with Crippen molar-refractivity contribution in [2.75, 3.05) is 36.8 Å². The van der Waals surface area contributed by atoms with Gasteiger partial charge in [-0.3, -0.25) is 0 Å². The minimum absolute atomic E-state index is 0.464. The van der Waals surface area contributed by atoms with E-state index in [0.29, 0.717) is 5.82 Å². The smallest absolute Gasteiger partial charge is 0.150 e. The number of hydrogen-bond donors (Lipinski definition) is 2. The number of rotatable bonds is 5. The van der Waals surface area contributed by atoms with Crippen LogP contribution in [0.1, 0.15) is 0 Å². The number of nitrogens with one attached hydrogen (secondary N) is 1. The molecule has 0 bridgehead atoms. The highest BCUT2D eigenvalue weighted by Crippen LogP contribution is 2.35. The van der Waals surface area contributed by atoms with E-state index in [2.05, 4.69) is 55.2 Å². The lowest BCUT2D eigenvalue weighted by molar-refractivity contribution is 0.483. The van der Waals surface area contributed by atoms with E-state index in [0.717, 1.165) is 65.5 Å². The van der Waals surface area contributed by atoms with Crippen LogP contribution < -0.4 is 20.7 Å². The molecule has 3 aromatic carbocycles. The summed E-state index contributed by atoms with van der Waals surface area (Å²) in [6, 6.07) is 26.4. The predicted molar refractivity (Wildman–Crippen MR) is 140 cm³/mol. The van der Waals surface area contributed by atoms with E-state index in [-0.39, 0.29) is 0 Å². The summed E-state index contributed by atoms with van der Waals surface area (Å²) < 4.78 is 8.04. The van der Waals surface area contributed by atoms with Crippen molar-refractivity contribution in [2.45, 2.75) is 0 Å². The third kappa shape index (κ3) is 4.18. The van der Waals surface area contributed by atoms with Crippen LogP contribution >= 0.6 is 0 Å². The SMILES string of the molecule is Nc1ncnc2c1c(-c1ccc(Oc3ccccc3)cc1)cn2-c1ccc(N2CCNCC2)cc1. The van der Waals surface area contributed by atoms with Gasteiger partial charge in [0, 0.05) is 49.3 Å². The standard InChI is InChI=1S/C28H26N6O/c29-27-26-25(20-6-12-24(13-7-20)35-23-4-2-1-3-5-23)18-34(28(26)32-19-31-27)22-10-8-21(9-11-22)33-16-14-30-15-17-33/h1-13,18-19,30H,14-17H2,(H2,29,31,32). The number of hydrogen-bond acceptors (Lipinski definition) is 6. The average Bonchev–Trinajstić information content (AvgIpc) is 3.31. The molecule has 0 saturated carbocycles. The van der Waals surface area contributed by atoms with Crippen LogP contribution in [0.3, 0.4) is 0 Å². The summed E-state index contributed by atoms with van der Waals surface area (Å²) in [5.41, 5.74) is 11.4. The fourth-order valence-corrected chi connectivity index (χ4v) is 4.58. The number of nitrogens with zero attached hydrogens (tertiary/aromatic N) is 4. The van der Waals surface area contributed by atoms with Crippen LogP contribution in [0.2, 0.25) is 0 Å². The monoisotopic (exact) mass is 462 g/mol. The maximum absolute atomic E-state index is 6.34. The fraction of sp³-hybridized carbons (Fsp3) is 0.143. The number of ether oxygens (including phenoxy) is 1. The predicted octanol–water partition coefficient (Wildman–Crippen LogP) is 4.87. The molecule has 5 aromatic rings. The first-order valence-electron chi connectivity index (χ1n) is 11.8. The minimum Gasteiger partial charge on any atom is -0.457 e. The molecule has 0 atom stereocenters. The molecule has 0 unspecified atom stereocenters. The van der Waals surface area contributed by atoms with Gasteiger partial charge >= 0.3 is 0 Å². The van der Waals surface area contributed by atoms with E-state index in [4.69, 9.17) is 10.5 Å². The van der Waals surface area contributed by atoms with E-state index in [1.807, 2.05) is 54.6 Å². The van der Waals surface area contributed by atoms with E-state index < -0.39 is 0 Å². The molecule has 7 nitrogen and oxygen atoms in total. The Labute approximate surface area is 203 Å². The van der Waals surface area contributed by atoms with Crippen molar-refractivity contribution >= 4 is 22.5 Å². The second-order valence-electron chi connectivity index (χ2n) is 8.56. The van der Waals surface area contributed by atoms with Gasteiger partial charge in [-0.05, 0) is 54.1 Å². The van der Waals surface area contributed by atoms with Gasteiger partial charge in [0.25, 0.3) is 0 Å². The van der Waals surface area contributed by atoms with Crippen molar-refractivity contribution in [3.8, 4) is 28.3 Å². The third-order valence-corrected chi connectivity index (χ3v) is 6.37. The van der Waals surface area contributed by atoms with E-state index in [9.17, 15) is 0 Å². The summed E-state index contributed by atoms with van der Waals surface area (Å²) in [7, 11) is 0. The van der Waals surface area contributed by atoms with Crippen molar-refractivity contribution in [1.82, 2.24) is 19.9 Å². The van der Waals surface area contributed by atoms with Crippen molar-refractivity contribution in [2.24, 2.45) is 0 Å². The van der Waals surface area contributed by atoms with E-state index in [1.165, 1.54) is 12.0 Å². The lowest BCUT2D eigenvalue weighted by Gasteiger charge is -2.29. The molecule has 35 heavy (non-hydrogen) atoms. The zero-order valence-corrected chi connectivity index (χ0v) is 19.3. The zero-order valence-electron chi connectivity index (χ0n) is 19.3. The summed E-state index contributed by atoms with van der Waals surface area (Å²) in [5, 5.41) is 4.24. The Hall–Kier alpha value is -4.36. The molecule has 3 N–H and O–H groups in total. The van der Waals surface area contributed by atoms with Crippen molar-refractivity contribution in [1.29, 1.82) is 0 Å². The van der Waals surface area contributed by atoms with Crippen LogP contribution in [0.4, 0.5) is 11.5 Å². The number of benzene rings is 3. The van der Waals surface area contributed by atoms with Gasteiger partial charge in [-0.2, -0.15) is 0 Å². The highest BCUT2D eigenvalue weighted by Gasteiger charge is 2.17. The number of anilines is 2. The second-order valence-corrected chi connectivity index (χ2v) is 8.56. The van der Waals surface area contributed by atoms with E-state index in [1.54, 1.807) is 0 Å². The summed E-state index contributed by atoms with van der Waals surface area (Å²) in [6.45, 7) is 4.06. The molecule has 7 heteroatoms. The Morgan fingerprint density at radius 2 is 1.46 bits per heavy atom. The molecular weight excluding hydrogens is 436 g/mol. The molecular formula is C28H26N6O. The Morgan fingerprint density at radius 3 is 2.20 bits per heavy atom. The van der Waals surface area contributed by atoms with Gasteiger partial charge in [0.2, 0.25) is 0 Å². The van der Waals surface area contributed by atoms with Crippen LogP contribution in [0, 0.1) is 0 Å². The summed E-state index contributed by atoms with van der Waals surface area (Å²) in [6.07, 6.45) is 3.60. The first-order chi connectivity index (χ1) is 17.3. The number of nitrogens with two attached hydrogens (primary N) is 1.